The molecule has 1 N–H and O–H groups in total. The molecule has 0 aliphatic carbocycles. The lowest BCUT2D eigenvalue weighted by atomic mass is 9.67. The van der Waals surface area contributed by atoms with Gasteiger partial charge >= 0.3 is 0 Å². The Kier molecular flexibility index (Phi) is 10.2. The summed E-state index contributed by atoms with van der Waals surface area (Å²) >= 11 is 0. The number of allylic oxidation sites excluding steroid dienone is 4. The summed E-state index contributed by atoms with van der Waals surface area (Å²) in [5.41, 5.74) is 7.47. The summed E-state index contributed by atoms with van der Waals surface area (Å²) in [7, 11) is 0.838. The van der Waals surface area contributed by atoms with E-state index in [1.54, 1.807) is 5.20 Å². The lowest BCUT2D eigenvalue weighted by molar-refractivity contribution is -0.0386. The van der Waals surface area contributed by atoms with Crippen molar-refractivity contribution >= 4 is 25.1 Å². The standard InChI is InChI=1S/C39H57N3Si/c1-12-13-16-28(2)19-24-34-37-29(3)25-33(43(9,10)11)27-42(37)38(34)30(4)26-41(8)36-18-15-14-17-35(36)40-32-22-20-31(21-23-32)39(5,6)7/h13-18,20-23,27,29,34,37-38,40H,2,4,12,19,24-26H2,1,3,5-11H3/b16-13-/t29?,34-,37-,38?/m1/s1. The minimum atomic E-state index is -1.37. The van der Waals surface area contributed by atoms with Crippen LogP contribution in [0.4, 0.5) is 17.1 Å². The van der Waals surface area contributed by atoms with E-state index in [9.17, 15) is 0 Å². The molecule has 0 amide bonds. The van der Waals surface area contributed by atoms with Gasteiger partial charge in [-0.2, -0.15) is 0 Å². The zero-order chi connectivity index (χ0) is 31.5. The van der Waals surface area contributed by atoms with Crippen molar-refractivity contribution in [3.63, 3.8) is 0 Å². The second kappa shape index (κ2) is 13.3. The molecule has 2 aliphatic rings. The number of hydrogen-bond acceptors (Lipinski definition) is 3. The number of fused-ring (bicyclic) bond motifs is 1. The molecule has 0 saturated carbocycles. The second-order valence-corrected chi connectivity index (χ2v) is 20.3. The van der Waals surface area contributed by atoms with Crippen molar-refractivity contribution in [2.24, 2.45) is 11.8 Å². The van der Waals surface area contributed by atoms with Crippen LogP contribution >= 0.6 is 0 Å². The molecule has 2 unspecified atom stereocenters. The summed E-state index contributed by atoms with van der Waals surface area (Å²) in [5, 5.41) is 5.39. The smallest absolute Gasteiger partial charge is 0.0743 e. The molecule has 0 bridgehead atoms. The van der Waals surface area contributed by atoms with Gasteiger partial charge in [0.15, 0.2) is 0 Å². The largest absolute Gasteiger partial charge is 0.369 e. The highest BCUT2D eigenvalue weighted by molar-refractivity contribution is 6.83. The predicted octanol–water partition coefficient (Wildman–Crippen LogP) is 10.5. The molecule has 2 aliphatic heterocycles. The van der Waals surface area contributed by atoms with Crippen LogP contribution in [0.25, 0.3) is 0 Å². The van der Waals surface area contributed by atoms with Gasteiger partial charge in [-0.15, -0.1) is 0 Å². The Bertz CT molecular complexity index is 1340. The van der Waals surface area contributed by atoms with Crippen molar-refractivity contribution < 1.29 is 0 Å². The van der Waals surface area contributed by atoms with E-state index >= 15 is 0 Å². The van der Waals surface area contributed by atoms with Gasteiger partial charge in [0.1, 0.15) is 0 Å². The maximum Gasteiger partial charge on any atom is 0.0743 e. The first-order valence-electron chi connectivity index (χ1n) is 16.4. The van der Waals surface area contributed by atoms with Crippen LogP contribution < -0.4 is 10.2 Å². The summed E-state index contributed by atoms with van der Waals surface area (Å²) in [6.07, 6.45) is 11.6. The van der Waals surface area contributed by atoms with Crippen LogP contribution in [0.15, 0.2) is 96.4 Å². The van der Waals surface area contributed by atoms with E-state index in [-0.39, 0.29) is 5.41 Å². The number of nitrogens with one attached hydrogen (secondary N) is 1. The fraction of sp³-hybridized carbons (Fsp3) is 0.487. The molecule has 2 aromatic rings. The predicted molar refractivity (Wildman–Crippen MR) is 193 cm³/mol. The van der Waals surface area contributed by atoms with Crippen molar-refractivity contribution in [3.8, 4) is 0 Å². The van der Waals surface area contributed by atoms with Crippen LogP contribution in [0.2, 0.25) is 19.6 Å². The van der Waals surface area contributed by atoms with Crippen LogP contribution in [0.3, 0.4) is 0 Å². The molecule has 4 rings (SSSR count). The molecule has 3 nitrogen and oxygen atoms in total. The van der Waals surface area contributed by atoms with Crippen molar-refractivity contribution in [3.05, 3.63) is 102 Å². The number of rotatable bonds is 12. The maximum absolute atomic E-state index is 4.76. The molecule has 2 aromatic carbocycles. The quantitative estimate of drug-likeness (QED) is 0.150. The van der Waals surface area contributed by atoms with E-state index in [0.717, 1.165) is 30.8 Å². The van der Waals surface area contributed by atoms with E-state index in [1.807, 2.05) is 0 Å². The van der Waals surface area contributed by atoms with E-state index in [4.69, 9.17) is 6.58 Å². The Labute approximate surface area is 264 Å². The maximum atomic E-state index is 4.76. The van der Waals surface area contributed by atoms with E-state index < -0.39 is 8.07 Å². The molecule has 232 valence electrons. The first kappa shape index (κ1) is 32.9. The van der Waals surface area contributed by atoms with Gasteiger partial charge in [0.2, 0.25) is 0 Å². The average molecular weight is 596 g/mol. The van der Waals surface area contributed by atoms with Crippen molar-refractivity contribution in [2.45, 2.75) is 97.4 Å². The summed E-state index contributed by atoms with van der Waals surface area (Å²) < 4.78 is 0. The number of likely N-dealkylation sites (N-methyl/N-ethyl adjacent to an activating group) is 1. The number of benzene rings is 2. The lowest BCUT2D eigenvalue weighted by Gasteiger charge is -2.61. The molecular weight excluding hydrogens is 539 g/mol. The fourth-order valence-corrected chi connectivity index (χ4v) is 8.43. The molecule has 0 spiro atoms. The highest BCUT2D eigenvalue weighted by Gasteiger charge is 2.52. The minimum absolute atomic E-state index is 0.145. The third-order valence-corrected chi connectivity index (χ3v) is 11.8. The summed E-state index contributed by atoms with van der Waals surface area (Å²) in [5.74, 6) is 1.28. The highest BCUT2D eigenvalue weighted by Crippen LogP contribution is 2.49. The number of nitrogens with zero attached hydrogens (tertiary/aromatic N) is 2. The first-order chi connectivity index (χ1) is 20.2. The second-order valence-electron chi connectivity index (χ2n) is 15.1. The molecule has 1 saturated heterocycles. The van der Waals surface area contributed by atoms with Crippen molar-refractivity contribution in [1.29, 1.82) is 0 Å². The molecule has 0 aromatic heterocycles. The van der Waals surface area contributed by atoms with Crippen LogP contribution in [0, 0.1) is 11.8 Å². The fourth-order valence-electron chi connectivity index (χ4n) is 6.96. The molecule has 1 fully saturated rings. The first-order valence-corrected chi connectivity index (χ1v) is 19.9. The van der Waals surface area contributed by atoms with Gasteiger partial charge in [-0.05, 0) is 78.6 Å². The Balaban J connectivity index is 1.53. The van der Waals surface area contributed by atoms with Gasteiger partial charge in [0, 0.05) is 31.2 Å². The Morgan fingerprint density at radius 3 is 2.37 bits per heavy atom. The van der Waals surface area contributed by atoms with Crippen LogP contribution in [0.1, 0.15) is 65.9 Å². The van der Waals surface area contributed by atoms with Gasteiger partial charge in [0.25, 0.3) is 0 Å². The van der Waals surface area contributed by atoms with E-state index in [1.165, 1.54) is 35.2 Å². The minimum Gasteiger partial charge on any atom is -0.369 e. The average Bonchev–Trinajstić information content (AvgIpc) is 2.91. The van der Waals surface area contributed by atoms with Crippen molar-refractivity contribution in [2.75, 3.05) is 23.8 Å². The van der Waals surface area contributed by atoms with E-state index in [0.29, 0.717) is 23.9 Å². The SMILES string of the molecule is C=C(/C=C\CC)CC[C@H]1C(C(=C)CN(C)c2ccccc2Nc2ccc(C(C)(C)C)cc2)N2C=C([Si](C)(C)C)CC(C)[C@H]12. The molecule has 4 atom stereocenters. The molecule has 4 heteroatoms. The third-order valence-electron chi connectivity index (χ3n) is 9.49. The number of hydrogen-bond donors (Lipinski definition) is 1. The van der Waals surface area contributed by atoms with Gasteiger partial charge in [0.05, 0.1) is 25.5 Å². The lowest BCUT2D eigenvalue weighted by Crippen LogP contribution is -2.66. The molecular formula is C39H57N3Si. The van der Waals surface area contributed by atoms with Gasteiger partial charge in [-0.1, -0.05) is 115 Å². The summed E-state index contributed by atoms with van der Waals surface area (Å²) in [6, 6.07) is 18.5. The Hall–Kier alpha value is -2.98. The summed E-state index contributed by atoms with van der Waals surface area (Å²) in [6.45, 7) is 28.9. The number of anilines is 3. The molecule has 2 heterocycles. The van der Waals surface area contributed by atoms with Crippen LogP contribution in [-0.2, 0) is 5.41 Å². The van der Waals surface area contributed by atoms with Crippen molar-refractivity contribution in [1.82, 2.24) is 4.90 Å². The topological polar surface area (TPSA) is 18.5 Å². The number of para-hydroxylation sites is 2. The zero-order valence-electron chi connectivity index (χ0n) is 28.5. The molecule has 0 radical (unpaired) electrons. The van der Waals surface area contributed by atoms with Gasteiger partial charge < -0.3 is 15.1 Å². The molecule has 43 heavy (non-hydrogen) atoms. The Morgan fingerprint density at radius 2 is 1.74 bits per heavy atom. The highest BCUT2D eigenvalue weighted by atomic mass is 28.3. The normalized spacial score (nSPS) is 22.1. The van der Waals surface area contributed by atoms with Gasteiger partial charge in [-0.25, -0.2) is 0 Å². The van der Waals surface area contributed by atoms with E-state index in [2.05, 4.69) is 150 Å². The Morgan fingerprint density at radius 1 is 1.07 bits per heavy atom. The monoisotopic (exact) mass is 595 g/mol. The van der Waals surface area contributed by atoms with Crippen LogP contribution in [0.5, 0.6) is 0 Å². The third kappa shape index (κ3) is 7.76. The van der Waals surface area contributed by atoms with Gasteiger partial charge in [-0.3, -0.25) is 0 Å². The zero-order valence-corrected chi connectivity index (χ0v) is 29.5. The van der Waals surface area contributed by atoms with Crippen LogP contribution in [-0.4, -0.2) is 38.6 Å². The summed E-state index contributed by atoms with van der Waals surface area (Å²) in [4.78, 5) is 5.08.